The number of benzene rings is 1. The van der Waals surface area contributed by atoms with E-state index in [2.05, 4.69) is 0 Å². The maximum absolute atomic E-state index is 12.9. The van der Waals surface area contributed by atoms with Gasteiger partial charge in [-0.25, -0.2) is 4.39 Å². The lowest BCUT2D eigenvalue weighted by molar-refractivity contribution is 0.132. The van der Waals surface area contributed by atoms with Gasteiger partial charge in [0, 0.05) is 5.56 Å². The van der Waals surface area contributed by atoms with Gasteiger partial charge in [0.05, 0.1) is 6.04 Å². The van der Waals surface area contributed by atoms with Crippen molar-refractivity contribution in [3.05, 3.63) is 35.6 Å². The first kappa shape index (κ1) is 8.17. The van der Waals surface area contributed by atoms with Crippen molar-refractivity contribution in [3.8, 4) is 0 Å². The zero-order chi connectivity index (χ0) is 8.27. The quantitative estimate of drug-likeness (QED) is 0.639. The summed E-state index contributed by atoms with van der Waals surface area (Å²) in [5.41, 5.74) is 2.45. The van der Waals surface area contributed by atoms with Gasteiger partial charge >= 0.3 is 0 Å². The third kappa shape index (κ3) is 1.76. The second kappa shape index (κ2) is 3.46. The van der Waals surface area contributed by atoms with Crippen molar-refractivity contribution in [1.29, 1.82) is 0 Å². The van der Waals surface area contributed by atoms with Gasteiger partial charge in [-0.1, -0.05) is 18.2 Å². The summed E-state index contributed by atoms with van der Waals surface area (Å²) in [5, 5.41) is 8.50. The minimum Gasteiger partial charge on any atom is -0.316 e. The van der Waals surface area contributed by atoms with E-state index in [-0.39, 0.29) is 11.9 Å². The van der Waals surface area contributed by atoms with E-state index >= 15 is 0 Å². The predicted octanol–water partition coefficient (Wildman–Crippen LogP) is 1.87. The highest BCUT2D eigenvalue weighted by Gasteiger charge is 2.07. The number of nitrogens with one attached hydrogen (secondary N) is 1. The summed E-state index contributed by atoms with van der Waals surface area (Å²) in [7, 11) is 0. The SMILES string of the molecule is CC(NO)c1ccccc1F. The Labute approximate surface area is 64.6 Å². The summed E-state index contributed by atoms with van der Waals surface area (Å²) >= 11 is 0. The summed E-state index contributed by atoms with van der Waals surface area (Å²) in [6.07, 6.45) is 0. The van der Waals surface area contributed by atoms with Crippen molar-refractivity contribution in [2.24, 2.45) is 0 Å². The zero-order valence-electron chi connectivity index (χ0n) is 6.21. The molecule has 1 rings (SSSR count). The van der Waals surface area contributed by atoms with Crippen LogP contribution in [0.15, 0.2) is 24.3 Å². The topological polar surface area (TPSA) is 32.3 Å². The van der Waals surface area contributed by atoms with E-state index in [9.17, 15) is 4.39 Å². The monoisotopic (exact) mass is 155 g/mol. The average molecular weight is 155 g/mol. The number of rotatable bonds is 2. The van der Waals surface area contributed by atoms with E-state index in [4.69, 9.17) is 5.21 Å². The molecule has 0 heterocycles. The fourth-order valence-corrected chi connectivity index (χ4v) is 0.896. The minimum absolute atomic E-state index is 0.304. The summed E-state index contributed by atoms with van der Waals surface area (Å²) in [6, 6.07) is 5.97. The van der Waals surface area contributed by atoms with Gasteiger partial charge < -0.3 is 5.21 Å². The molecular weight excluding hydrogens is 145 g/mol. The Hall–Kier alpha value is -0.930. The first-order chi connectivity index (χ1) is 5.25. The van der Waals surface area contributed by atoms with Gasteiger partial charge in [0.2, 0.25) is 0 Å². The molecule has 0 bridgehead atoms. The minimum atomic E-state index is -0.365. The van der Waals surface area contributed by atoms with E-state index < -0.39 is 0 Å². The van der Waals surface area contributed by atoms with Crippen molar-refractivity contribution < 1.29 is 9.60 Å². The van der Waals surface area contributed by atoms with Crippen molar-refractivity contribution in [3.63, 3.8) is 0 Å². The molecule has 11 heavy (non-hydrogen) atoms. The second-order valence-corrected chi connectivity index (χ2v) is 2.37. The summed E-state index contributed by atoms with van der Waals surface area (Å²) < 4.78 is 12.9. The molecule has 3 heteroatoms. The largest absolute Gasteiger partial charge is 0.316 e. The van der Waals surface area contributed by atoms with Crippen LogP contribution in [0.5, 0.6) is 0 Å². The van der Waals surface area contributed by atoms with Gasteiger partial charge in [-0.15, -0.1) is 0 Å². The maximum atomic E-state index is 12.9. The molecule has 0 saturated heterocycles. The van der Waals surface area contributed by atoms with E-state index in [0.29, 0.717) is 5.56 Å². The molecule has 0 radical (unpaired) electrons. The molecular formula is C8H10FNO. The van der Waals surface area contributed by atoms with Gasteiger partial charge in [0.25, 0.3) is 0 Å². The van der Waals surface area contributed by atoms with Gasteiger partial charge in [0.1, 0.15) is 5.82 Å². The molecule has 60 valence electrons. The molecule has 0 aliphatic rings. The molecule has 0 aliphatic carbocycles. The number of hydrogen-bond donors (Lipinski definition) is 2. The van der Waals surface area contributed by atoms with E-state index in [1.54, 1.807) is 25.1 Å². The Morgan fingerprint density at radius 2 is 2.09 bits per heavy atom. The third-order valence-corrected chi connectivity index (χ3v) is 1.57. The van der Waals surface area contributed by atoms with Crippen LogP contribution in [0.3, 0.4) is 0 Å². The second-order valence-electron chi connectivity index (χ2n) is 2.37. The Bertz CT molecular complexity index is 239. The highest BCUT2D eigenvalue weighted by Crippen LogP contribution is 2.14. The van der Waals surface area contributed by atoms with Crippen molar-refractivity contribution >= 4 is 0 Å². The number of halogens is 1. The highest BCUT2D eigenvalue weighted by atomic mass is 19.1. The molecule has 1 unspecified atom stereocenters. The summed E-state index contributed by atoms with van der Waals surface area (Å²) in [6.45, 7) is 1.68. The molecule has 2 N–H and O–H groups in total. The first-order valence-electron chi connectivity index (χ1n) is 3.39. The smallest absolute Gasteiger partial charge is 0.128 e. The van der Waals surface area contributed by atoms with Crippen molar-refractivity contribution in [2.75, 3.05) is 0 Å². The maximum Gasteiger partial charge on any atom is 0.128 e. The number of hydrogen-bond acceptors (Lipinski definition) is 2. The van der Waals surface area contributed by atoms with E-state index in [1.165, 1.54) is 6.07 Å². The predicted molar refractivity (Wildman–Crippen MR) is 39.7 cm³/mol. The highest BCUT2D eigenvalue weighted by molar-refractivity contribution is 5.19. The van der Waals surface area contributed by atoms with Crippen LogP contribution >= 0.6 is 0 Å². The molecule has 1 aromatic carbocycles. The fourth-order valence-electron chi connectivity index (χ4n) is 0.896. The van der Waals surface area contributed by atoms with E-state index in [0.717, 1.165) is 0 Å². The van der Waals surface area contributed by atoms with Crippen LogP contribution in [0.2, 0.25) is 0 Å². The Morgan fingerprint density at radius 1 is 1.45 bits per heavy atom. The van der Waals surface area contributed by atoms with Crippen LogP contribution in [0.1, 0.15) is 18.5 Å². The molecule has 2 nitrogen and oxygen atoms in total. The molecule has 0 amide bonds. The van der Waals surface area contributed by atoms with Gasteiger partial charge in [-0.2, -0.15) is 5.48 Å². The fraction of sp³-hybridized carbons (Fsp3) is 0.250. The molecule has 0 fully saturated rings. The Kier molecular flexibility index (Phi) is 2.57. The van der Waals surface area contributed by atoms with Crippen LogP contribution in [-0.2, 0) is 0 Å². The lowest BCUT2D eigenvalue weighted by atomic mass is 10.1. The normalized spacial score (nSPS) is 13.0. The molecule has 1 atom stereocenters. The first-order valence-corrected chi connectivity index (χ1v) is 3.39. The molecule has 0 saturated carbocycles. The zero-order valence-corrected chi connectivity index (χ0v) is 6.21. The standard InChI is InChI=1S/C8H10FNO/c1-6(10-11)7-4-2-3-5-8(7)9/h2-6,10-11H,1H3. The Morgan fingerprint density at radius 3 is 2.64 bits per heavy atom. The van der Waals surface area contributed by atoms with Crippen LogP contribution in [0, 0.1) is 5.82 Å². The average Bonchev–Trinajstić information content (AvgIpc) is 2.04. The summed E-state index contributed by atoms with van der Waals surface area (Å²) in [5.74, 6) is -0.304. The lowest BCUT2D eigenvalue weighted by Gasteiger charge is -2.09. The van der Waals surface area contributed by atoms with Crippen LogP contribution in [-0.4, -0.2) is 5.21 Å². The molecule has 1 aromatic rings. The lowest BCUT2D eigenvalue weighted by Crippen LogP contribution is -2.14. The summed E-state index contributed by atoms with van der Waals surface area (Å²) in [4.78, 5) is 0. The third-order valence-electron chi connectivity index (χ3n) is 1.57. The van der Waals surface area contributed by atoms with Crippen LogP contribution < -0.4 is 5.48 Å². The Balaban J connectivity index is 2.93. The molecule has 0 aromatic heterocycles. The van der Waals surface area contributed by atoms with Crippen LogP contribution in [0.25, 0.3) is 0 Å². The van der Waals surface area contributed by atoms with E-state index in [1.807, 2.05) is 5.48 Å². The van der Waals surface area contributed by atoms with Gasteiger partial charge in [-0.05, 0) is 13.0 Å². The van der Waals surface area contributed by atoms with Crippen molar-refractivity contribution in [1.82, 2.24) is 5.48 Å². The van der Waals surface area contributed by atoms with Gasteiger partial charge in [-0.3, -0.25) is 0 Å². The van der Waals surface area contributed by atoms with Crippen LogP contribution in [0.4, 0.5) is 4.39 Å². The molecule has 0 aliphatic heterocycles. The number of hydroxylamine groups is 1. The molecule has 0 spiro atoms. The van der Waals surface area contributed by atoms with Crippen molar-refractivity contribution in [2.45, 2.75) is 13.0 Å². The van der Waals surface area contributed by atoms with Gasteiger partial charge in [0.15, 0.2) is 0 Å².